The lowest BCUT2D eigenvalue weighted by atomic mass is 9.60. The van der Waals surface area contributed by atoms with Crippen molar-refractivity contribution in [3.8, 4) is 11.5 Å². The summed E-state index contributed by atoms with van der Waals surface area (Å²) in [7, 11) is 5.81. The second-order valence-corrected chi connectivity index (χ2v) is 12.2. The highest BCUT2D eigenvalue weighted by molar-refractivity contribution is 5.44. The number of phenols is 1. The molecule has 2 fully saturated rings. The van der Waals surface area contributed by atoms with Crippen LogP contribution < -0.4 is 10.5 Å². The van der Waals surface area contributed by atoms with Gasteiger partial charge in [-0.1, -0.05) is 57.2 Å². The first-order valence-corrected chi connectivity index (χ1v) is 14.3. The summed E-state index contributed by atoms with van der Waals surface area (Å²) < 4.78 is 5.29. The highest BCUT2D eigenvalue weighted by Gasteiger charge is 2.44. The molecule has 2 aromatic carbocycles. The Hall–Kier alpha value is -2.08. The van der Waals surface area contributed by atoms with Crippen molar-refractivity contribution >= 4 is 0 Å². The molecular formula is C32H48N2O3. The van der Waals surface area contributed by atoms with Gasteiger partial charge in [0, 0.05) is 23.9 Å². The fourth-order valence-corrected chi connectivity index (χ4v) is 7.23. The lowest BCUT2D eigenvalue weighted by molar-refractivity contribution is -0.0619. The topological polar surface area (TPSA) is 79.0 Å². The molecule has 3 aliphatic carbocycles. The number of nitrogens with two attached hydrogens (primary N) is 1. The van der Waals surface area contributed by atoms with Crippen LogP contribution in [0.1, 0.15) is 81.4 Å². The normalized spacial score (nSPS) is 31.4. The zero-order chi connectivity index (χ0) is 26.6. The molecule has 0 aliphatic heterocycles. The van der Waals surface area contributed by atoms with Crippen LogP contribution in [0.3, 0.4) is 0 Å². The van der Waals surface area contributed by atoms with Gasteiger partial charge >= 0.3 is 0 Å². The van der Waals surface area contributed by atoms with Crippen LogP contribution in [0.2, 0.25) is 0 Å². The van der Waals surface area contributed by atoms with Gasteiger partial charge in [0.05, 0.1) is 12.7 Å². The minimum atomic E-state index is -0.711. The van der Waals surface area contributed by atoms with Crippen molar-refractivity contribution in [2.75, 3.05) is 27.7 Å². The van der Waals surface area contributed by atoms with Crippen LogP contribution in [0.25, 0.3) is 0 Å². The summed E-state index contributed by atoms with van der Waals surface area (Å²) >= 11 is 0. The molecule has 5 heteroatoms. The second-order valence-electron chi connectivity index (χ2n) is 12.2. The van der Waals surface area contributed by atoms with Gasteiger partial charge in [0.1, 0.15) is 11.5 Å². The van der Waals surface area contributed by atoms with Crippen molar-refractivity contribution in [3.05, 3.63) is 59.2 Å². The Labute approximate surface area is 224 Å². The number of aliphatic hydroxyl groups is 1. The van der Waals surface area contributed by atoms with Crippen molar-refractivity contribution in [2.45, 2.75) is 88.2 Å². The first-order chi connectivity index (χ1) is 17.7. The molecule has 0 unspecified atom stereocenters. The fraction of sp³-hybridized carbons (Fsp3) is 0.625. The molecule has 0 amide bonds. The van der Waals surface area contributed by atoms with Crippen LogP contribution in [0.15, 0.2) is 42.5 Å². The van der Waals surface area contributed by atoms with E-state index in [1.54, 1.807) is 7.11 Å². The average Bonchev–Trinajstić information content (AvgIpc) is 2.88. The molecule has 3 aliphatic rings. The molecule has 2 aromatic rings. The van der Waals surface area contributed by atoms with E-state index >= 15 is 0 Å². The Bertz CT molecular complexity index is 1040. The van der Waals surface area contributed by atoms with Gasteiger partial charge in [-0.25, -0.2) is 0 Å². The molecule has 0 saturated heterocycles. The maximum Gasteiger partial charge on any atom is 0.119 e. The Kier molecular flexibility index (Phi) is 8.88. The second kappa shape index (κ2) is 11.8. The van der Waals surface area contributed by atoms with Crippen LogP contribution in [0, 0.1) is 11.8 Å². The molecule has 4 N–H and O–H groups in total. The SMILES string of the molecule is COc1cccc([C@@]2(O)CCCC[C@@H]2CN(C)C)c1.C[C@@]12CCCCC[C@@H](Cc3ccc(O)cc31)[C@@H]2N. The van der Waals surface area contributed by atoms with Gasteiger partial charge in [-0.05, 0) is 93.1 Å². The molecule has 0 aromatic heterocycles. The van der Waals surface area contributed by atoms with E-state index in [0.717, 1.165) is 50.0 Å². The smallest absolute Gasteiger partial charge is 0.119 e. The van der Waals surface area contributed by atoms with Crippen LogP contribution in [0.5, 0.6) is 11.5 Å². The van der Waals surface area contributed by atoms with Crippen LogP contribution in [0.4, 0.5) is 0 Å². The van der Waals surface area contributed by atoms with Crippen molar-refractivity contribution in [3.63, 3.8) is 0 Å². The van der Waals surface area contributed by atoms with E-state index in [4.69, 9.17) is 10.5 Å². The number of phenolic OH excluding ortho intramolecular Hbond substituents is 1. The highest BCUT2D eigenvalue weighted by Crippen LogP contribution is 2.46. The van der Waals surface area contributed by atoms with Crippen LogP contribution in [-0.4, -0.2) is 48.9 Å². The number of nitrogens with zero attached hydrogens (tertiary/aromatic N) is 1. The molecule has 204 valence electrons. The number of rotatable bonds is 4. The molecule has 5 atom stereocenters. The number of hydrogen-bond acceptors (Lipinski definition) is 5. The van der Waals surface area contributed by atoms with E-state index in [2.05, 4.69) is 32.0 Å². The maximum absolute atomic E-state index is 11.2. The fourth-order valence-electron chi connectivity index (χ4n) is 7.23. The molecule has 5 rings (SSSR count). The monoisotopic (exact) mass is 508 g/mol. The van der Waals surface area contributed by atoms with E-state index in [9.17, 15) is 10.2 Å². The molecule has 0 spiro atoms. The minimum absolute atomic E-state index is 0.0530. The summed E-state index contributed by atoms with van der Waals surface area (Å²) in [5.41, 5.74) is 9.62. The number of aromatic hydroxyl groups is 1. The standard InChI is InChI=1S/C16H25NO2.C16H23NO/c1-17(2)12-14-7-4-5-10-16(14,18)13-8-6-9-15(11-13)19-3;1-16-8-4-2-3-5-12(15(16)17)9-11-6-7-13(18)10-14(11)16/h6,8-9,11,14,18H,4-5,7,10,12H2,1-3H3;6-7,10,12,15,18H,2-5,8-9,17H2,1H3/t14-,16+;12-,15-,16+/m10/s1. The molecule has 0 heterocycles. The minimum Gasteiger partial charge on any atom is -0.508 e. The van der Waals surface area contributed by atoms with Crippen molar-refractivity contribution in [1.82, 2.24) is 4.90 Å². The van der Waals surface area contributed by atoms with E-state index in [1.165, 1.54) is 43.2 Å². The van der Waals surface area contributed by atoms with E-state index in [-0.39, 0.29) is 11.5 Å². The van der Waals surface area contributed by atoms with E-state index < -0.39 is 5.60 Å². The number of fused-ring (bicyclic) bond motifs is 4. The predicted molar refractivity (Wildman–Crippen MR) is 151 cm³/mol. The Morgan fingerprint density at radius 1 is 1.00 bits per heavy atom. The van der Waals surface area contributed by atoms with Gasteiger partial charge in [-0.3, -0.25) is 0 Å². The number of benzene rings is 2. The number of methoxy groups -OCH3 is 1. The van der Waals surface area contributed by atoms with Gasteiger partial charge in [0.25, 0.3) is 0 Å². The predicted octanol–water partition coefficient (Wildman–Crippen LogP) is 5.75. The maximum atomic E-state index is 11.2. The van der Waals surface area contributed by atoms with Crippen LogP contribution in [-0.2, 0) is 17.4 Å². The summed E-state index contributed by atoms with van der Waals surface area (Å²) in [6, 6.07) is 14.0. The third-order valence-corrected chi connectivity index (χ3v) is 9.40. The zero-order valence-electron chi connectivity index (χ0n) is 23.4. The molecule has 37 heavy (non-hydrogen) atoms. The summed E-state index contributed by atoms with van der Waals surface area (Å²) in [6.07, 6.45) is 11.7. The zero-order valence-corrected chi connectivity index (χ0v) is 23.4. The highest BCUT2D eigenvalue weighted by atomic mass is 16.5. The lowest BCUT2D eigenvalue weighted by Gasteiger charge is -2.47. The van der Waals surface area contributed by atoms with E-state index in [1.807, 2.05) is 36.4 Å². The molecular weight excluding hydrogens is 460 g/mol. The number of hydrogen-bond donors (Lipinski definition) is 3. The van der Waals surface area contributed by atoms with Crippen LogP contribution >= 0.6 is 0 Å². The molecule has 5 nitrogen and oxygen atoms in total. The quantitative estimate of drug-likeness (QED) is 0.490. The van der Waals surface area contributed by atoms with Crippen molar-refractivity contribution in [1.29, 1.82) is 0 Å². The molecule has 2 saturated carbocycles. The van der Waals surface area contributed by atoms with Crippen molar-refractivity contribution < 1.29 is 14.9 Å². The third kappa shape index (κ3) is 6.00. The van der Waals surface area contributed by atoms with Crippen molar-refractivity contribution in [2.24, 2.45) is 17.6 Å². The van der Waals surface area contributed by atoms with Gasteiger partial charge in [0.15, 0.2) is 0 Å². The summed E-state index contributed by atoms with van der Waals surface area (Å²) in [5.74, 6) is 2.11. The molecule has 0 radical (unpaired) electrons. The Balaban J connectivity index is 0.000000173. The van der Waals surface area contributed by atoms with Gasteiger partial charge in [-0.15, -0.1) is 0 Å². The summed E-state index contributed by atoms with van der Waals surface area (Å²) in [4.78, 5) is 2.17. The molecule has 2 bridgehead atoms. The largest absolute Gasteiger partial charge is 0.508 e. The summed E-state index contributed by atoms with van der Waals surface area (Å²) in [6.45, 7) is 3.22. The van der Waals surface area contributed by atoms with Gasteiger partial charge < -0.3 is 25.6 Å². The lowest BCUT2D eigenvalue weighted by Crippen LogP contribution is -2.52. The average molecular weight is 509 g/mol. The number of ether oxygens (including phenoxy) is 1. The van der Waals surface area contributed by atoms with Gasteiger partial charge in [-0.2, -0.15) is 0 Å². The Morgan fingerprint density at radius 3 is 2.51 bits per heavy atom. The Morgan fingerprint density at radius 2 is 1.76 bits per heavy atom. The first-order valence-electron chi connectivity index (χ1n) is 14.3. The third-order valence-electron chi connectivity index (χ3n) is 9.40. The first kappa shape index (κ1) is 27.9. The van der Waals surface area contributed by atoms with Gasteiger partial charge in [0.2, 0.25) is 0 Å². The van der Waals surface area contributed by atoms with E-state index in [0.29, 0.717) is 17.6 Å². The summed E-state index contributed by atoms with van der Waals surface area (Å²) in [5, 5.41) is 21.0.